The number of rotatable bonds is 1. The first-order valence-corrected chi connectivity index (χ1v) is 6.52. The van der Waals surface area contributed by atoms with Gasteiger partial charge in [-0.05, 0) is 31.9 Å². The van der Waals surface area contributed by atoms with Crippen molar-refractivity contribution in [2.45, 2.75) is 25.3 Å². The molecule has 3 amide bonds. The molecule has 0 aliphatic carbocycles. The van der Waals surface area contributed by atoms with E-state index in [4.69, 9.17) is 5.73 Å². The molecule has 1 atom stereocenters. The van der Waals surface area contributed by atoms with Crippen molar-refractivity contribution in [2.75, 3.05) is 12.3 Å². The van der Waals surface area contributed by atoms with Crippen LogP contribution in [0.15, 0.2) is 18.2 Å². The highest BCUT2D eigenvalue weighted by molar-refractivity contribution is 6.25. The SMILES string of the molecule is C[C@@]1(N2C(=O)c3cccc(N)c3C2=O)CCCNC1=O. The van der Waals surface area contributed by atoms with Gasteiger partial charge in [-0.15, -0.1) is 0 Å². The molecule has 0 saturated carbocycles. The molecule has 0 spiro atoms. The zero-order valence-electron chi connectivity index (χ0n) is 11.1. The van der Waals surface area contributed by atoms with E-state index in [1.807, 2.05) is 0 Å². The summed E-state index contributed by atoms with van der Waals surface area (Å²) in [6.45, 7) is 2.19. The maximum Gasteiger partial charge on any atom is 0.264 e. The van der Waals surface area contributed by atoms with Gasteiger partial charge in [0.15, 0.2) is 0 Å². The summed E-state index contributed by atoms with van der Waals surface area (Å²) in [6, 6.07) is 4.78. The number of carbonyl (C=O) groups is 3. The summed E-state index contributed by atoms with van der Waals surface area (Å²) in [5, 5.41) is 2.72. The van der Waals surface area contributed by atoms with Crippen molar-refractivity contribution in [3.05, 3.63) is 29.3 Å². The number of nitrogens with two attached hydrogens (primary N) is 1. The summed E-state index contributed by atoms with van der Waals surface area (Å²) in [4.78, 5) is 38.2. The normalized spacial score (nSPS) is 25.6. The van der Waals surface area contributed by atoms with E-state index < -0.39 is 17.4 Å². The molecule has 3 rings (SSSR count). The van der Waals surface area contributed by atoms with Crippen molar-refractivity contribution in [1.29, 1.82) is 0 Å². The van der Waals surface area contributed by atoms with Gasteiger partial charge in [-0.1, -0.05) is 6.07 Å². The number of piperidine rings is 1. The number of imide groups is 1. The maximum absolute atomic E-state index is 12.5. The van der Waals surface area contributed by atoms with Gasteiger partial charge in [0.25, 0.3) is 11.8 Å². The second-order valence-corrected chi connectivity index (χ2v) is 5.35. The van der Waals surface area contributed by atoms with E-state index in [2.05, 4.69) is 5.32 Å². The number of nitrogen functional groups attached to an aromatic ring is 1. The molecule has 2 aliphatic rings. The minimum absolute atomic E-state index is 0.206. The Hall–Kier alpha value is -2.37. The van der Waals surface area contributed by atoms with Gasteiger partial charge in [0, 0.05) is 12.2 Å². The molecule has 6 heteroatoms. The number of hydrogen-bond donors (Lipinski definition) is 2. The van der Waals surface area contributed by atoms with Crippen molar-refractivity contribution in [3.8, 4) is 0 Å². The summed E-state index contributed by atoms with van der Waals surface area (Å²) >= 11 is 0. The van der Waals surface area contributed by atoms with Gasteiger partial charge >= 0.3 is 0 Å². The van der Waals surface area contributed by atoms with Gasteiger partial charge in [0.05, 0.1) is 11.1 Å². The third kappa shape index (κ3) is 1.47. The number of anilines is 1. The predicted molar refractivity (Wildman–Crippen MR) is 72.0 cm³/mol. The Balaban J connectivity index is 2.10. The van der Waals surface area contributed by atoms with Crippen LogP contribution in [0.3, 0.4) is 0 Å². The lowest BCUT2D eigenvalue weighted by atomic mass is 9.89. The minimum Gasteiger partial charge on any atom is -0.398 e. The van der Waals surface area contributed by atoms with Gasteiger partial charge in [-0.3, -0.25) is 19.3 Å². The van der Waals surface area contributed by atoms with Crippen LogP contribution >= 0.6 is 0 Å². The second kappa shape index (κ2) is 4.06. The van der Waals surface area contributed by atoms with Gasteiger partial charge in [0.1, 0.15) is 5.54 Å². The van der Waals surface area contributed by atoms with Crippen LogP contribution in [0.25, 0.3) is 0 Å². The summed E-state index contributed by atoms with van der Waals surface area (Å²) in [7, 11) is 0. The van der Waals surface area contributed by atoms with Crippen LogP contribution < -0.4 is 11.1 Å². The lowest BCUT2D eigenvalue weighted by Crippen LogP contribution is -2.61. The van der Waals surface area contributed by atoms with Crippen molar-refractivity contribution in [1.82, 2.24) is 10.2 Å². The van der Waals surface area contributed by atoms with Crippen LogP contribution in [-0.2, 0) is 4.79 Å². The molecule has 2 aliphatic heterocycles. The Labute approximate surface area is 115 Å². The Morgan fingerprint density at radius 3 is 2.65 bits per heavy atom. The Morgan fingerprint density at radius 2 is 2.00 bits per heavy atom. The molecular weight excluding hydrogens is 258 g/mol. The third-order valence-corrected chi connectivity index (χ3v) is 4.06. The zero-order chi connectivity index (χ0) is 14.5. The highest BCUT2D eigenvalue weighted by atomic mass is 16.2. The molecule has 6 nitrogen and oxygen atoms in total. The highest BCUT2D eigenvalue weighted by Gasteiger charge is 2.51. The molecule has 1 aromatic rings. The highest BCUT2D eigenvalue weighted by Crippen LogP contribution is 2.35. The molecule has 104 valence electrons. The third-order valence-electron chi connectivity index (χ3n) is 4.06. The number of benzene rings is 1. The first-order valence-electron chi connectivity index (χ1n) is 6.52. The molecule has 20 heavy (non-hydrogen) atoms. The van der Waals surface area contributed by atoms with Gasteiger partial charge in [0.2, 0.25) is 5.91 Å². The first kappa shape index (κ1) is 12.7. The monoisotopic (exact) mass is 273 g/mol. The van der Waals surface area contributed by atoms with E-state index in [-0.39, 0.29) is 22.7 Å². The van der Waals surface area contributed by atoms with Crippen molar-refractivity contribution >= 4 is 23.4 Å². The maximum atomic E-state index is 12.5. The summed E-state index contributed by atoms with van der Waals surface area (Å²) < 4.78 is 0. The number of hydrogen-bond acceptors (Lipinski definition) is 4. The summed E-state index contributed by atoms with van der Waals surface area (Å²) in [5.74, 6) is -1.23. The molecule has 1 fully saturated rings. The Morgan fingerprint density at radius 1 is 1.25 bits per heavy atom. The number of carbonyl (C=O) groups excluding carboxylic acids is 3. The van der Waals surface area contributed by atoms with Crippen LogP contribution in [0.5, 0.6) is 0 Å². The summed E-state index contributed by atoms with van der Waals surface area (Å²) in [6.07, 6.45) is 1.19. The lowest BCUT2D eigenvalue weighted by molar-refractivity contribution is -0.132. The number of nitrogens with one attached hydrogen (secondary N) is 1. The van der Waals surface area contributed by atoms with Crippen LogP contribution in [0.4, 0.5) is 5.69 Å². The second-order valence-electron chi connectivity index (χ2n) is 5.35. The molecule has 1 saturated heterocycles. The van der Waals surface area contributed by atoms with E-state index in [1.165, 1.54) is 0 Å². The fourth-order valence-electron chi connectivity index (χ4n) is 2.91. The number of fused-ring (bicyclic) bond motifs is 1. The molecule has 0 bridgehead atoms. The average molecular weight is 273 g/mol. The van der Waals surface area contributed by atoms with Crippen LogP contribution in [-0.4, -0.2) is 34.7 Å². The van der Waals surface area contributed by atoms with Crippen molar-refractivity contribution in [3.63, 3.8) is 0 Å². The van der Waals surface area contributed by atoms with E-state index >= 15 is 0 Å². The molecule has 0 radical (unpaired) electrons. The van der Waals surface area contributed by atoms with Crippen molar-refractivity contribution < 1.29 is 14.4 Å². The quantitative estimate of drug-likeness (QED) is 0.576. The standard InChI is InChI=1S/C14H15N3O3/c1-14(6-3-7-16-13(14)20)17-11(18)8-4-2-5-9(15)10(8)12(17)19/h2,4-5H,3,6-7,15H2,1H3,(H,16,20)/t14-/m1/s1. The van der Waals surface area contributed by atoms with Crippen LogP contribution in [0, 0.1) is 0 Å². The fraction of sp³-hybridized carbons (Fsp3) is 0.357. The number of amides is 3. The fourth-order valence-corrected chi connectivity index (χ4v) is 2.91. The summed E-state index contributed by atoms with van der Waals surface area (Å²) in [5.41, 5.74) is 5.40. The molecule has 0 aromatic heterocycles. The van der Waals surface area contributed by atoms with Crippen LogP contribution in [0.2, 0.25) is 0 Å². The smallest absolute Gasteiger partial charge is 0.264 e. The first-order chi connectivity index (χ1) is 9.47. The van der Waals surface area contributed by atoms with E-state index in [9.17, 15) is 14.4 Å². The van der Waals surface area contributed by atoms with Crippen LogP contribution in [0.1, 0.15) is 40.5 Å². The molecular formula is C14H15N3O3. The molecule has 1 aromatic carbocycles. The van der Waals surface area contributed by atoms with E-state index in [0.29, 0.717) is 13.0 Å². The Bertz CT molecular complexity index is 641. The topological polar surface area (TPSA) is 92.5 Å². The average Bonchev–Trinajstić information content (AvgIpc) is 2.67. The molecule has 2 heterocycles. The van der Waals surface area contributed by atoms with Crippen molar-refractivity contribution in [2.24, 2.45) is 0 Å². The zero-order valence-corrected chi connectivity index (χ0v) is 11.1. The Kier molecular flexibility index (Phi) is 2.57. The van der Waals surface area contributed by atoms with Gasteiger partial charge in [-0.25, -0.2) is 0 Å². The van der Waals surface area contributed by atoms with E-state index in [1.54, 1.807) is 25.1 Å². The van der Waals surface area contributed by atoms with E-state index in [0.717, 1.165) is 11.3 Å². The minimum atomic E-state index is -1.14. The van der Waals surface area contributed by atoms with Gasteiger partial charge < -0.3 is 11.1 Å². The largest absolute Gasteiger partial charge is 0.398 e. The molecule has 0 unspecified atom stereocenters. The predicted octanol–water partition coefficient (Wildman–Crippen LogP) is 0.533. The van der Waals surface area contributed by atoms with Gasteiger partial charge in [-0.2, -0.15) is 0 Å². The molecule has 3 N–H and O–H groups in total. The lowest BCUT2D eigenvalue weighted by Gasteiger charge is -2.38. The number of nitrogens with zero attached hydrogens (tertiary/aromatic N) is 1.